The predicted molar refractivity (Wildman–Crippen MR) is 66.4 cm³/mol. The number of hydrogen-bond donors (Lipinski definition) is 1. The summed E-state index contributed by atoms with van der Waals surface area (Å²) in [6.45, 7) is 6.33. The zero-order valence-electron chi connectivity index (χ0n) is 11.0. The number of rotatable bonds is 7. The van der Waals surface area contributed by atoms with Crippen molar-refractivity contribution in [1.82, 2.24) is 0 Å². The fourth-order valence-electron chi connectivity index (χ4n) is 1.14. The Labute approximate surface area is 103 Å². The Bertz CT molecular complexity index is 288. The molecule has 0 heterocycles. The molecule has 0 aromatic carbocycles. The molecular formula is C13H22O4. The molecule has 0 aromatic rings. The second-order valence-electron chi connectivity index (χ2n) is 4.08. The molecule has 1 atom stereocenters. The second-order valence-corrected chi connectivity index (χ2v) is 4.08. The van der Waals surface area contributed by atoms with Gasteiger partial charge in [0.25, 0.3) is 6.29 Å². The highest BCUT2D eigenvalue weighted by Gasteiger charge is 2.14. The van der Waals surface area contributed by atoms with Gasteiger partial charge in [-0.2, -0.15) is 0 Å². The molecule has 0 aliphatic rings. The smallest absolute Gasteiger partial charge is 0.363 e. The Morgan fingerprint density at radius 3 is 2.47 bits per heavy atom. The van der Waals surface area contributed by atoms with E-state index in [1.807, 2.05) is 13.0 Å². The lowest BCUT2D eigenvalue weighted by molar-refractivity contribution is -0.177. The van der Waals surface area contributed by atoms with Crippen LogP contribution in [0.1, 0.15) is 33.6 Å². The molecule has 17 heavy (non-hydrogen) atoms. The van der Waals surface area contributed by atoms with Crippen LogP contribution in [0.5, 0.6) is 0 Å². The van der Waals surface area contributed by atoms with Crippen molar-refractivity contribution in [3.63, 3.8) is 0 Å². The van der Waals surface area contributed by atoms with Crippen molar-refractivity contribution in [1.29, 1.82) is 0 Å². The van der Waals surface area contributed by atoms with E-state index in [0.29, 0.717) is 0 Å². The molecule has 0 aliphatic heterocycles. The summed E-state index contributed by atoms with van der Waals surface area (Å²) >= 11 is 0. The molecule has 0 rings (SSSR count). The highest BCUT2D eigenvalue weighted by molar-refractivity contribution is 5.72. The molecule has 1 N–H and O–H groups in total. The van der Waals surface area contributed by atoms with Gasteiger partial charge in [-0.1, -0.05) is 23.3 Å². The van der Waals surface area contributed by atoms with Crippen LogP contribution in [-0.4, -0.2) is 31.1 Å². The van der Waals surface area contributed by atoms with E-state index in [4.69, 9.17) is 9.84 Å². The van der Waals surface area contributed by atoms with E-state index >= 15 is 0 Å². The standard InChI is InChI=1S/C13H22O4/c1-10(2)6-5-7-11(3)8-9-17-13(15)12(14)16-4/h6,8,13,15H,5,7,9H2,1-4H3. The normalized spacial score (nSPS) is 13.1. The summed E-state index contributed by atoms with van der Waals surface area (Å²) in [6.07, 6.45) is 4.46. The summed E-state index contributed by atoms with van der Waals surface area (Å²) in [7, 11) is 1.20. The number of allylic oxidation sites excluding steroid dienone is 3. The van der Waals surface area contributed by atoms with Crippen LogP contribution in [0.25, 0.3) is 0 Å². The number of hydrogen-bond acceptors (Lipinski definition) is 4. The van der Waals surface area contributed by atoms with Crippen LogP contribution >= 0.6 is 0 Å². The van der Waals surface area contributed by atoms with Gasteiger partial charge in [0.1, 0.15) is 0 Å². The average Bonchev–Trinajstić information content (AvgIpc) is 2.27. The number of aliphatic hydroxyl groups is 1. The van der Waals surface area contributed by atoms with Gasteiger partial charge in [-0.15, -0.1) is 0 Å². The van der Waals surface area contributed by atoms with Crippen LogP contribution in [0.4, 0.5) is 0 Å². The Hall–Kier alpha value is -1.13. The summed E-state index contributed by atoms with van der Waals surface area (Å²) in [5, 5.41) is 9.14. The van der Waals surface area contributed by atoms with Crippen molar-refractivity contribution in [3.8, 4) is 0 Å². The summed E-state index contributed by atoms with van der Waals surface area (Å²) in [5.41, 5.74) is 2.47. The number of methoxy groups -OCH3 is 1. The van der Waals surface area contributed by atoms with E-state index in [0.717, 1.165) is 12.8 Å². The molecule has 98 valence electrons. The Morgan fingerprint density at radius 1 is 1.29 bits per heavy atom. The third-order valence-electron chi connectivity index (χ3n) is 2.18. The summed E-state index contributed by atoms with van der Waals surface area (Å²) < 4.78 is 9.20. The van der Waals surface area contributed by atoms with Crippen LogP contribution < -0.4 is 0 Å². The van der Waals surface area contributed by atoms with Gasteiger partial charge in [0.2, 0.25) is 0 Å². The maximum absolute atomic E-state index is 10.8. The van der Waals surface area contributed by atoms with Crippen molar-refractivity contribution in [2.24, 2.45) is 0 Å². The lowest BCUT2D eigenvalue weighted by Gasteiger charge is -2.07. The number of ether oxygens (including phenoxy) is 2. The van der Waals surface area contributed by atoms with Gasteiger partial charge in [0.15, 0.2) is 0 Å². The monoisotopic (exact) mass is 242 g/mol. The lowest BCUT2D eigenvalue weighted by Crippen LogP contribution is -2.25. The molecule has 0 aliphatic carbocycles. The summed E-state index contributed by atoms with van der Waals surface area (Å²) in [5.74, 6) is -0.777. The van der Waals surface area contributed by atoms with Crippen molar-refractivity contribution in [2.75, 3.05) is 13.7 Å². The zero-order valence-corrected chi connectivity index (χ0v) is 11.0. The minimum absolute atomic E-state index is 0.205. The zero-order chi connectivity index (χ0) is 13.3. The van der Waals surface area contributed by atoms with E-state index in [-0.39, 0.29) is 6.61 Å². The maximum Gasteiger partial charge on any atom is 0.363 e. The topological polar surface area (TPSA) is 55.8 Å². The van der Waals surface area contributed by atoms with E-state index in [2.05, 4.69) is 24.7 Å². The van der Waals surface area contributed by atoms with E-state index in [1.54, 1.807) is 0 Å². The van der Waals surface area contributed by atoms with Crippen molar-refractivity contribution < 1.29 is 19.4 Å². The maximum atomic E-state index is 10.8. The van der Waals surface area contributed by atoms with Crippen molar-refractivity contribution in [3.05, 3.63) is 23.3 Å². The highest BCUT2D eigenvalue weighted by atomic mass is 16.6. The first-order chi connectivity index (χ1) is 7.97. The van der Waals surface area contributed by atoms with Crippen molar-refractivity contribution in [2.45, 2.75) is 39.9 Å². The van der Waals surface area contributed by atoms with Crippen LogP contribution in [0.15, 0.2) is 23.3 Å². The van der Waals surface area contributed by atoms with Gasteiger partial charge < -0.3 is 14.6 Å². The molecule has 0 saturated heterocycles. The molecule has 0 spiro atoms. The minimum Gasteiger partial charge on any atom is -0.465 e. The lowest BCUT2D eigenvalue weighted by atomic mass is 10.1. The Balaban J connectivity index is 3.84. The molecule has 0 bridgehead atoms. The fourth-order valence-corrected chi connectivity index (χ4v) is 1.14. The second kappa shape index (κ2) is 8.96. The van der Waals surface area contributed by atoms with Crippen molar-refractivity contribution >= 4 is 5.97 Å². The molecule has 0 fully saturated rings. The highest BCUT2D eigenvalue weighted by Crippen LogP contribution is 2.06. The Kier molecular flexibility index (Phi) is 8.36. The van der Waals surface area contributed by atoms with Gasteiger partial charge in [-0.25, -0.2) is 4.79 Å². The molecule has 1 unspecified atom stereocenters. The van der Waals surface area contributed by atoms with E-state index in [1.165, 1.54) is 18.3 Å². The SMILES string of the molecule is COC(=O)C(O)OCC=C(C)CCC=C(C)C. The fraction of sp³-hybridized carbons (Fsp3) is 0.615. The summed E-state index contributed by atoms with van der Waals surface area (Å²) in [6, 6.07) is 0. The molecule has 0 radical (unpaired) electrons. The minimum atomic E-state index is -1.50. The van der Waals surface area contributed by atoms with Crippen LogP contribution in [0, 0.1) is 0 Å². The quantitative estimate of drug-likeness (QED) is 0.422. The molecular weight excluding hydrogens is 220 g/mol. The average molecular weight is 242 g/mol. The molecule has 0 aromatic heterocycles. The third kappa shape index (κ3) is 8.65. The third-order valence-corrected chi connectivity index (χ3v) is 2.18. The van der Waals surface area contributed by atoms with E-state index in [9.17, 15) is 4.79 Å². The number of carbonyl (C=O) groups excluding carboxylic acids is 1. The number of aliphatic hydroxyl groups excluding tert-OH is 1. The van der Waals surface area contributed by atoms with Gasteiger partial charge in [0, 0.05) is 0 Å². The summed E-state index contributed by atoms with van der Waals surface area (Å²) in [4.78, 5) is 10.8. The largest absolute Gasteiger partial charge is 0.465 e. The first-order valence-electron chi connectivity index (χ1n) is 5.64. The Morgan fingerprint density at radius 2 is 1.94 bits per heavy atom. The predicted octanol–water partition coefficient (Wildman–Crippen LogP) is 2.19. The molecule has 0 amide bonds. The van der Waals surface area contributed by atoms with Gasteiger partial charge >= 0.3 is 5.97 Å². The van der Waals surface area contributed by atoms with Crippen LogP contribution in [0.2, 0.25) is 0 Å². The van der Waals surface area contributed by atoms with Crippen LogP contribution in [-0.2, 0) is 14.3 Å². The first-order valence-corrected chi connectivity index (χ1v) is 5.64. The molecule has 4 nitrogen and oxygen atoms in total. The molecule has 0 saturated carbocycles. The van der Waals surface area contributed by atoms with Gasteiger partial charge in [-0.3, -0.25) is 0 Å². The van der Waals surface area contributed by atoms with Gasteiger partial charge in [-0.05, 0) is 33.6 Å². The molecule has 4 heteroatoms. The van der Waals surface area contributed by atoms with Crippen LogP contribution in [0.3, 0.4) is 0 Å². The van der Waals surface area contributed by atoms with E-state index < -0.39 is 12.3 Å². The van der Waals surface area contributed by atoms with Gasteiger partial charge in [0.05, 0.1) is 13.7 Å². The first kappa shape index (κ1) is 15.9. The number of carbonyl (C=O) groups is 1. The number of esters is 1.